The summed E-state index contributed by atoms with van der Waals surface area (Å²) in [5.74, 6) is -12.8. The van der Waals surface area contributed by atoms with Crippen molar-refractivity contribution in [2.75, 3.05) is 20.1 Å². The number of hydrogen-bond donors (Lipinski definition) is 16. The van der Waals surface area contributed by atoms with Crippen molar-refractivity contribution in [3.05, 3.63) is 118 Å². The summed E-state index contributed by atoms with van der Waals surface area (Å²) in [6.45, 7) is 4.46. The van der Waals surface area contributed by atoms with Crippen molar-refractivity contribution >= 4 is 58.9 Å². The zero-order valence-corrected chi connectivity index (χ0v) is 50.4. The number of aromatic hydroxyl groups is 4. The van der Waals surface area contributed by atoms with Crippen LogP contribution in [-0.4, -0.2) is 122 Å². The van der Waals surface area contributed by atoms with Crippen molar-refractivity contribution in [2.24, 2.45) is 17.4 Å². The van der Waals surface area contributed by atoms with Crippen LogP contribution in [0.1, 0.15) is 136 Å². The molecule has 5 heterocycles. The first-order chi connectivity index (χ1) is 43.0. The van der Waals surface area contributed by atoms with Gasteiger partial charge in [-0.1, -0.05) is 88.2 Å². The van der Waals surface area contributed by atoms with Gasteiger partial charge in [-0.25, -0.2) is 0 Å². The molecule has 0 aromatic heterocycles. The Morgan fingerprint density at radius 1 is 0.633 bits per heavy atom. The number of primary amides is 1. The first-order valence-corrected chi connectivity index (χ1v) is 30.0. The van der Waals surface area contributed by atoms with Gasteiger partial charge >= 0.3 is 0 Å². The average molecular weight is 1260 g/mol. The number of ether oxygens (including phenoxy) is 2. The predicted octanol–water partition coefficient (Wildman–Crippen LogP) is 3.85. The molecular formula is C63H75ClN10O16. The fourth-order valence-corrected chi connectivity index (χ4v) is 11.2. The van der Waals surface area contributed by atoms with Gasteiger partial charge in [0.2, 0.25) is 53.0 Å². The first kappa shape index (κ1) is 66.7. The molecule has 5 aromatic carbocycles. The number of unbranched alkanes of at least 4 members (excludes halogenated alkanes) is 7. The fourth-order valence-electron chi connectivity index (χ4n) is 11.0. The van der Waals surface area contributed by atoms with Crippen LogP contribution in [-0.2, 0) is 38.4 Å². The van der Waals surface area contributed by atoms with E-state index in [0.29, 0.717) is 13.0 Å². The number of likely N-dealkylation sites (N-methyl/N-ethyl adjacent to an activating group) is 1. The molecule has 5 aliphatic heterocycles. The molecule has 90 heavy (non-hydrogen) atoms. The second-order valence-electron chi connectivity index (χ2n) is 22.8. The summed E-state index contributed by atoms with van der Waals surface area (Å²) in [4.78, 5) is 117. The first-order valence-electron chi connectivity index (χ1n) is 29.6. The van der Waals surface area contributed by atoms with E-state index in [2.05, 4.69) is 42.5 Å². The molecule has 0 saturated carbocycles. The minimum Gasteiger partial charge on any atom is -0.508 e. The number of aliphatic hydroxyl groups is 2. The van der Waals surface area contributed by atoms with E-state index in [9.17, 15) is 54.6 Å². The molecular weight excluding hydrogens is 1190 g/mol. The van der Waals surface area contributed by atoms with E-state index in [-0.39, 0.29) is 74.3 Å². The quantitative estimate of drug-likeness (QED) is 0.0554. The molecule has 11 bridgehead atoms. The van der Waals surface area contributed by atoms with Crippen molar-refractivity contribution < 1.29 is 78.5 Å². The van der Waals surface area contributed by atoms with Gasteiger partial charge in [-0.2, -0.15) is 0 Å². The molecule has 0 radical (unpaired) electrons. The Kier molecular flexibility index (Phi) is 22.1. The lowest BCUT2D eigenvalue weighted by atomic mass is 9.89. The highest BCUT2D eigenvalue weighted by Gasteiger charge is 2.41. The van der Waals surface area contributed by atoms with Crippen LogP contribution in [0.15, 0.2) is 84.9 Å². The van der Waals surface area contributed by atoms with Crippen LogP contribution in [0.4, 0.5) is 0 Å². The molecule has 0 saturated heterocycles. The van der Waals surface area contributed by atoms with E-state index >= 15 is 14.4 Å². The molecule has 10 rings (SSSR count). The molecule has 0 spiro atoms. The smallest absolute Gasteiger partial charge is 0.248 e. The van der Waals surface area contributed by atoms with E-state index in [1.165, 1.54) is 61.6 Å². The number of nitrogens with one attached hydrogen (secondary N) is 8. The molecule has 480 valence electrons. The maximum Gasteiger partial charge on any atom is 0.248 e. The van der Waals surface area contributed by atoms with E-state index < -0.39 is 143 Å². The number of aliphatic hydroxyl groups excluding tert-OH is 2. The van der Waals surface area contributed by atoms with Crippen LogP contribution in [0.2, 0.25) is 5.02 Å². The van der Waals surface area contributed by atoms with E-state index in [0.717, 1.165) is 75.3 Å². The number of nitrogens with two attached hydrogens (primary N) is 2. The standard InChI is InChI=1S/C63H75ClN10O16/c1-30(2)22-40(67-3)57(82)73-53-55(80)33-15-19-44(39(64)24-33)90-46-26-34-25-45(56(46)81)89-36-16-12-31(13-17-36)54(79)52-63(88)72-51(59(84)68-21-11-9-7-5-4-6-8-10-20-65)38-27-35(75)28-43(77)48(38)37-23-32(14-18-42(37)76)49(60(85)74-52)71-61(86)50(34)70-58(83)41(29-47(66)78)69-62(53)87/h12-19,23-28,30,40-41,49-55,67,75-77,79-81H,4-11,20-22,29,65H2,1-3H3,(H2,66,78)(H,68,84)(H,69,87)(H,70,83)(H,71,86)(H,72,88)(H,73,82)(H,74,85)/t40-,41+,49-,50-,51+,52+,53-,54-,55-/m1/s1. The zero-order valence-electron chi connectivity index (χ0n) is 49.6. The maximum atomic E-state index is 15.6. The molecule has 5 aliphatic rings. The number of rotatable bonds is 18. The van der Waals surface area contributed by atoms with Gasteiger partial charge in [-0.15, -0.1) is 0 Å². The third kappa shape index (κ3) is 16.0. The normalized spacial score (nSPS) is 21.2. The fraction of sp³-hybridized carbons (Fsp3) is 0.397. The molecule has 8 amide bonds. The van der Waals surface area contributed by atoms with Crippen LogP contribution in [0.3, 0.4) is 0 Å². The van der Waals surface area contributed by atoms with Gasteiger partial charge in [0.25, 0.3) is 0 Å². The lowest BCUT2D eigenvalue weighted by molar-refractivity contribution is -0.138. The monoisotopic (exact) mass is 1260 g/mol. The van der Waals surface area contributed by atoms with Crippen molar-refractivity contribution in [3.63, 3.8) is 0 Å². The highest BCUT2D eigenvalue weighted by Crippen LogP contribution is 2.47. The molecule has 0 aliphatic carbocycles. The van der Waals surface area contributed by atoms with E-state index in [1.54, 1.807) is 0 Å². The third-order valence-corrected chi connectivity index (χ3v) is 16.0. The number of halogens is 1. The number of carbonyl (C=O) groups is 8. The Morgan fingerprint density at radius 2 is 1.26 bits per heavy atom. The molecule has 18 N–H and O–H groups in total. The van der Waals surface area contributed by atoms with Crippen LogP contribution < -0.4 is 63.5 Å². The van der Waals surface area contributed by atoms with Gasteiger partial charge < -0.3 is 94.1 Å². The second-order valence-corrected chi connectivity index (χ2v) is 23.2. The van der Waals surface area contributed by atoms with E-state index in [1.807, 2.05) is 13.8 Å². The van der Waals surface area contributed by atoms with Gasteiger partial charge in [-0.3, -0.25) is 38.4 Å². The summed E-state index contributed by atoms with van der Waals surface area (Å²) < 4.78 is 12.4. The van der Waals surface area contributed by atoms with E-state index in [4.69, 9.17) is 32.5 Å². The Bertz CT molecular complexity index is 3520. The van der Waals surface area contributed by atoms with Crippen molar-refractivity contribution in [1.29, 1.82) is 0 Å². The predicted molar refractivity (Wildman–Crippen MR) is 326 cm³/mol. The maximum absolute atomic E-state index is 15.6. The highest BCUT2D eigenvalue weighted by molar-refractivity contribution is 6.32. The number of phenols is 4. The SMILES string of the molecule is CN[C@H](CC(C)C)C(=O)N[C@H]1C(=O)N[C@@H](CC(N)=O)C(=O)N[C@H]2C(=O)N[C@H]3C(=O)N[C@H](C(=O)N[C@H](C(=O)NCCCCCCCCCCN)c4cc(O)cc(O)c4-c4cc3ccc4O)[C@H](O)c3ccc(cc3)Oc3cc2cc(c3O)Oc2ccc(cc2Cl)[C@H]1O. The van der Waals surface area contributed by atoms with Gasteiger partial charge in [0.05, 0.1) is 17.5 Å². The largest absolute Gasteiger partial charge is 0.508 e. The topological polar surface area (TPSA) is 425 Å². The number of phenolic OH excluding ortho intramolecular Hbond substituents is 4. The summed E-state index contributed by atoms with van der Waals surface area (Å²) in [6.07, 6.45) is 2.59. The number of hydrogen-bond acceptors (Lipinski definition) is 18. The summed E-state index contributed by atoms with van der Waals surface area (Å²) in [7, 11) is 1.51. The molecule has 0 unspecified atom stereocenters. The summed E-state index contributed by atoms with van der Waals surface area (Å²) >= 11 is 6.81. The summed E-state index contributed by atoms with van der Waals surface area (Å²) in [6, 6.07) is 3.88. The van der Waals surface area contributed by atoms with Gasteiger partial charge in [0.1, 0.15) is 77.2 Å². The molecule has 26 nitrogen and oxygen atoms in total. The van der Waals surface area contributed by atoms with Crippen LogP contribution in [0.25, 0.3) is 11.1 Å². The minimum absolute atomic E-state index is 0.0219. The highest BCUT2D eigenvalue weighted by atomic mass is 35.5. The Morgan fingerprint density at radius 3 is 1.91 bits per heavy atom. The van der Waals surface area contributed by atoms with Crippen LogP contribution >= 0.6 is 11.6 Å². The Balaban J connectivity index is 1.27. The van der Waals surface area contributed by atoms with Crippen molar-refractivity contribution in [3.8, 4) is 57.1 Å². The number of carbonyl (C=O) groups excluding carboxylic acids is 8. The summed E-state index contributed by atoms with van der Waals surface area (Å²) in [5, 5.41) is 91.1. The molecule has 27 heteroatoms. The lowest BCUT2D eigenvalue weighted by Gasteiger charge is -2.31. The molecule has 5 aromatic rings. The van der Waals surface area contributed by atoms with Gasteiger partial charge in [0.15, 0.2) is 11.5 Å². The lowest BCUT2D eigenvalue weighted by Crippen LogP contribution is -2.59. The second kappa shape index (κ2) is 29.9. The Hall–Kier alpha value is -9.21. The minimum atomic E-state index is -2.11. The Labute approximate surface area is 522 Å². The zero-order chi connectivity index (χ0) is 65.1. The molecule has 9 atom stereocenters. The van der Waals surface area contributed by atoms with Crippen LogP contribution in [0, 0.1) is 5.92 Å². The van der Waals surface area contributed by atoms with Crippen molar-refractivity contribution in [2.45, 2.75) is 133 Å². The number of fused-ring (bicyclic) bond motifs is 15. The third-order valence-electron chi connectivity index (χ3n) is 15.7. The van der Waals surface area contributed by atoms with Crippen molar-refractivity contribution in [1.82, 2.24) is 42.5 Å². The number of amides is 8. The average Bonchev–Trinajstić information content (AvgIpc) is 0.835. The molecule has 0 fully saturated rings. The van der Waals surface area contributed by atoms with Crippen LogP contribution in [0.5, 0.6) is 46.0 Å². The van der Waals surface area contributed by atoms with Gasteiger partial charge in [-0.05, 0) is 121 Å². The van der Waals surface area contributed by atoms with Gasteiger partial charge in [0, 0.05) is 23.7 Å². The summed E-state index contributed by atoms with van der Waals surface area (Å²) in [5.41, 5.74) is 9.86. The number of benzene rings is 5.